The van der Waals surface area contributed by atoms with Gasteiger partial charge in [-0.3, -0.25) is 0 Å². The molecule has 0 saturated carbocycles. The van der Waals surface area contributed by atoms with Crippen LogP contribution in [-0.4, -0.2) is 30.4 Å². The highest BCUT2D eigenvalue weighted by molar-refractivity contribution is 6.43. The van der Waals surface area contributed by atoms with Gasteiger partial charge in [0.15, 0.2) is 0 Å². The zero-order chi connectivity index (χ0) is 11.7. The minimum absolute atomic E-state index is 0.310. The molecule has 1 aliphatic heterocycles. The van der Waals surface area contributed by atoms with Crippen LogP contribution in [-0.2, 0) is 0 Å². The maximum Gasteiger partial charge on any atom is 0.140 e. The second kappa shape index (κ2) is 4.98. The first-order chi connectivity index (χ1) is 7.58. The third kappa shape index (κ3) is 2.55. The summed E-state index contributed by atoms with van der Waals surface area (Å²) in [5.74, 6) is 0.434. The molecule has 1 aromatic rings. The number of hydrogen-bond donors (Lipinski definition) is 2. The molecule has 0 radical (unpaired) electrons. The molecule has 1 aliphatic rings. The molecule has 0 amide bonds. The van der Waals surface area contributed by atoms with E-state index in [-0.39, 0.29) is 6.10 Å². The summed E-state index contributed by atoms with van der Waals surface area (Å²) < 4.78 is 5.57. The summed E-state index contributed by atoms with van der Waals surface area (Å²) >= 11 is 17.6. The van der Waals surface area contributed by atoms with E-state index < -0.39 is 6.10 Å². The predicted octanol–water partition coefficient (Wildman–Crippen LogP) is 2.36. The first-order valence-corrected chi connectivity index (χ1v) is 5.91. The van der Waals surface area contributed by atoms with Gasteiger partial charge in [0.1, 0.15) is 18.0 Å². The van der Waals surface area contributed by atoms with Crippen molar-refractivity contribution in [1.29, 1.82) is 0 Å². The predicted molar refractivity (Wildman–Crippen MR) is 64.8 cm³/mol. The van der Waals surface area contributed by atoms with Gasteiger partial charge in [0.05, 0.1) is 15.1 Å². The number of halogens is 3. The lowest BCUT2D eigenvalue weighted by atomic mass is 10.2. The lowest BCUT2D eigenvalue weighted by molar-refractivity contribution is 0.0738. The molecule has 1 heterocycles. The Morgan fingerprint density at radius 1 is 1.12 bits per heavy atom. The van der Waals surface area contributed by atoms with Crippen LogP contribution in [0.5, 0.6) is 5.75 Å². The van der Waals surface area contributed by atoms with E-state index in [2.05, 4.69) is 5.32 Å². The summed E-state index contributed by atoms with van der Waals surface area (Å²) in [7, 11) is 0. The summed E-state index contributed by atoms with van der Waals surface area (Å²) in [5.41, 5.74) is 0. The molecule has 2 atom stereocenters. The number of benzene rings is 1. The van der Waals surface area contributed by atoms with Crippen LogP contribution in [0.3, 0.4) is 0 Å². The second-order valence-corrected chi connectivity index (χ2v) is 4.80. The molecular formula is C10H10Cl3NO2. The molecule has 0 aromatic heterocycles. The number of hydrogen-bond acceptors (Lipinski definition) is 3. The maximum atomic E-state index is 9.58. The van der Waals surface area contributed by atoms with Gasteiger partial charge >= 0.3 is 0 Å². The quantitative estimate of drug-likeness (QED) is 0.818. The molecule has 3 nitrogen and oxygen atoms in total. The molecule has 0 spiro atoms. The van der Waals surface area contributed by atoms with E-state index in [0.717, 1.165) is 0 Å². The molecule has 2 unspecified atom stereocenters. The Hall–Kier alpha value is -0.190. The van der Waals surface area contributed by atoms with Crippen LogP contribution < -0.4 is 10.1 Å². The number of nitrogens with one attached hydrogen (secondary N) is 1. The second-order valence-electron chi connectivity index (χ2n) is 3.58. The number of β-amino-alcohol motifs (C(OH)–C–C–N with tert-alkyl or cyclic N) is 1. The van der Waals surface area contributed by atoms with Crippen molar-refractivity contribution in [2.24, 2.45) is 0 Å². The summed E-state index contributed by atoms with van der Waals surface area (Å²) in [6.45, 7) is 1.10. The van der Waals surface area contributed by atoms with E-state index in [1.807, 2.05) is 0 Å². The van der Waals surface area contributed by atoms with Crippen LogP contribution in [0.4, 0.5) is 0 Å². The average molecular weight is 283 g/mol. The van der Waals surface area contributed by atoms with E-state index in [0.29, 0.717) is 33.9 Å². The van der Waals surface area contributed by atoms with E-state index in [1.54, 1.807) is 6.07 Å². The molecule has 2 N–H and O–H groups in total. The fourth-order valence-corrected chi connectivity index (χ4v) is 2.10. The van der Waals surface area contributed by atoms with Gasteiger partial charge in [-0.1, -0.05) is 34.8 Å². The Labute approximate surface area is 108 Å². The zero-order valence-corrected chi connectivity index (χ0v) is 10.5. The first kappa shape index (κ1) is 12.3. The average Bonchev–Trinajstić information content (AvgIpc) is 2.61. The molecular weight excluding hydrogens is 272 g/mol. The van der Waals surface area contributed by atoms with Crippen LogP contribution in [0, 0.1) is 0 Å². The summed E-state index contributed by atoms with van der Waals surface area (Å²) in [4.78, 5) is 0. The minimum atomic E-state index is -0.537. The fraction of sp³-hybridized carbons (Fsp3) is 0.400. The molecule has 1 aromatic carbocycles. The number of aliphatic hydroxyl groups is 1. The van der Waals surface area contributed by atoms with Crippen molar-refractivity contribution in [3.8, 4) is 5.75 Å². The van der Waals surface area contributed by atoms with Crippen molar-refractivity contribution in [3.05, 3.63) is 27.2 Å². The van der Waals surface area contributed by atoms with Crippen molar-refractivity contribution in [2.45, 2.75) is 12.2 Å². The standard InChI is InChI=1S/C10H10Cl3NO2/c11-5-1-7(13)9(2-6(5)12)16-10-4-14-3-8(10)15/h1-2,8,10,14-15H,3-4H2. The SMILES string of the molecule is OC1CNCC1Oc1cc(Cl)c(Cl)cc1Cl. The summed E-state index contributed by atoms with van der Waals surface area (Å²) in [6.07, 6.45) is -0.847. The Kier molecular flexibility index (Phi) is 3.82. The molecule has 6 heteroatoms. The highest BCUT2D eigenvalue weighted by Crippen LogP contribution is 2.34. The van der Waals surface area contributed by atoms with Gasteiger partial charge in [-0.15, -0.1) is 0 Å². The molecule has 88 valence electrons. The minimum Gasteiger partial charge on any atom is -0.485 e. The van der Waals surface area contributed by atoms with Crippen LogP contribution in [0.1, 0.15) is 0 Å². The zero-order valence-electron chi connectivity index (χ0n) is 8.21. The number of rotatable bonds is 2. The van der Waals surface area contributed by atoms with Crippen LogP contribution in [0.25, 0.3) is 0 Å². The Bertz CT molecular complexity index is 400. The lowest BCUT2D eigenvalue weighted by Gasteiger charge is -2.17. The molecule has 2 rings (SSSR count). The van der Waals surface area contributed by atoms with Crippen molar-refractivity contribution < 1.29 is 9.84 Å². The molecule has 16 heavy (non-hydrogen) atoms. The Balaban J connectivity index is 2.18. The van der Waals surface area contributed by atoms with Crippen molar-refractivity contribution in [3.63, 3.8) is 0 Å². The molecule has 0 bridgehead atoms. The van der Waals surface area contributed by atoms with Crippen LogP contribution in [0.15, 0.2) is 12.1 Å². The fourth-order valence-electron chi connectivity index (χ4n) is 1.52. The van der Waals surface area contributed by atoms with Crippen molar-refractivity contribution in [1.82, 2.24) is 5.32 Å². The Morgan fingerprint density at radius 3 is 2.44 bits per heavy atom. The third-order valence-corrected chi connectivity index (χ3v) is 3.40. The summed E-state index contributed by atoms with van der Waals surface area (Å²) in [5, 5.41) is 13.7. The van der Waals surface area contributed by atoms with Crippen molar-refractivity contribution >= 4 is 34.8 Å². The van der Waals surface area contributed by atoms with Gasteiger partial charge in [-0.25, -0.2) is 0 Å². The van der Waals surface area contributed by atoms with Crippen LogP contribution >= 0.6 is 34.8 Å². The largest absolute Gasteiger partial charge is 0.485 e. The molecule has 1 fully saturated rings. The van der Waals surface area contributed by atoms with E-state index in [9.17, 15) is 5.11 Å². The highest BCUT2D eigenvalue weighted by atomic mass is 35.5. The first-order valence-electron chi connectivity index (χ1n) is 4.78. The van der Waals surface area contributed by atoms with Gasteiger partial charge < -0.3 is 15.2 Å². The topological polar surface area (TPSA) is 41.5 Å². The molecule has 1 saturated heterocycles. The monoisotopic (exact) mass is 281 g/mol. The number of aliphatic hydroxyl groups excluding tert-OH is 1. The van der Waals surface area contributed by atoms with E-state index in [1.165, 1.54) is 6.07 Å². The molecule has 0 aliphatic carbocycles. The van der Waals surface area contributed by atoms with Crippen LogP contribution in [0.2, 0.25) is 15.1 Å². The van der Waals surface area contributed by atoms with Gasteiger partial charge in [0.25, 0.3) is 0 Å². The van der Waals surface area contributed by atoms with Crippen molar-refractivity contribution in [2.75, 3.05) is 13.1 Å². The van der Waals surface area contributed by atoms with Gasteiger partial charge in [-0.2, -0.15) is 0 Å². The maximum absolute atomic E-state index is 9.58. The van der Waals surface area contributed by atoms with Gasteiger partial charge in [0.2, 0.25) is 0 Å². The smallest absolute Gasteiger partial charge is 0.140 e. The Morgan fingerprint density at radius 2 is 1.81 bits per heavy atom. The lowest BCUT2D eigenvalue weighted by Crippen LogP contribution is -2.29. The third-order valence-electron chi connectivity index (χ3n) is 2.38. The van der Waals surface area contributed by atoms with E-state index >= 15 is 0 Å². The normalized spacial score (nSPS) is 24.8. The van der Waals surface area contributed by atoms with E-state index in [4.69, 9.17) is 39.5 Å². The number of ether oxygens (including phenoxy) is 1. The van der Waals surface area contributed by atoms with Gasteiger partial charge in [0, 0.05) is 19.2 Å². The van der Waals surface area contributed by atoms with Gasteiger partial charge in [-0.05, 0) is 6.07 Å². The highest BCUT2D eigenvalue weighted by Gasteiger charge is 2.27. The summed E-state index contributed by atoms with van der Waals surface area (Å²) in [6, 6.07) is 3.08.